The summed E-state index contributed by atoms with van der Waals surface area (Å²) in [6, 6.07) is 10.0. The van der Waals surface area contributed by atoms with E-state index < -0.39 is 0 Å². The molecule has 0 amide bonds. The topological polar surface area (TPSA) is 75.3 Å². The maximum atomic E-state index is 9.15. The lowest BCUT2D eigenvalue weighted by Crippen LogP contribution is -2.66. The molecule has 0 saturated carbocycles. The Bertz CT molecular complexity index is 894. The van der Waals surface area contributed by atoms with Gasteiger partial charge in [-0.15, -0.1) is 11.8 Å². The third kappa shape index (κ3) is 3.37. The number of aliphatic imine (C=N–C) groups is 1. The Hall–Kier alpha value is -2.26. The van der Waals surface area contributed by atoms with Crippen LogP contribution in [0.5, 0.6) is 0 Å². The van der Waals surface area contributed by atoms with Crippen molar-refractivity contribution in [3.05, 3.63) is 40.8 Å². The molecule has 1 aromatic carbocycles. The van der Waals surface area contributed by atoms with Crippen LogP contribution in [-0.4, -0.2) is 40.6 Å². The number of benzene rings is 1. The monoisotopic (exact) mass is 379 g/mol. The highest BCUT2D eigenvalue weighted by atomic mass is 32.2. The zero-order chi connectivity index (χ0) is 19.2. The highest BCUT2D eigenvalue weighted by Gasteiger charge is 2.46. The van der Waals surface area contributed by atoms with Crippen LogP contribution in [-0.2, 0) is 0 Å². The summed E-state index contributed by atoms with van der Waals surface area (Å²) in [7, 11) is 0. The Morgan fingerprint density at radius 3 is 2.96 bits per heavy atom. The molecule has 2 atom stereocenters. The molecule has 2 N–H and O–H groups in total. The number of rotatable bonds is 2. The lowest BCUT2D eigenvalue weighted by Gasteiger charge is -2.49. The molecule has 1 saturated heterocycles. The lowest BCUT2D eigenvalue weighted by atomic mass is 9.84. The van der Waals surface area contributed by atoms with Crippen molar-refractivity contribution >= 4 is 29.1 Å². The van der Waals surface area contributed by atoms with Crippen LogP contribution < -0.4 is 5.32 Å². The number of guanidine groups is 1. The highest BCUT2D eigenvalue weighted by molar-refractivity contribution is 8.03. The van der Waals surface area contributed by atoms with Gasteiger partial charge in [0.15, 0.2) is 5.96 Å². The second-order valence-corrected chi connectivity index (χ2v) is 9.79. The molecule has 0 radical (unpaired) electrons. The Kier molecular flexibility index (Phi) is 4.31. The van der Waals surface area contributed by atoms with Crippen LogP contribution in [0.4, 0.5) is 0 Å². The number of nitrogens with one attached hydrogen (secondary N) is 2. The predicted molar refractivity (Wildman–Crippen MR) is 112 cm³/mol. The molecule has 5 nitrogen and oxygen atoms in total. The first-order chi connectivity index (χ1) is 12.8. The first-order valence-corrected chi connectivity index (χ1v) is 10.3. The fourth-order valence-corrected chi connectivity index (χ4v) is 5.31. The average molecular weight is 380 g/mol. The van der Waals surface area contributed by atoms with Gasteiger partial charge >= 0.3 is 0 Å². The quantitative estimate of drug-likeness (QED) is 0.819. The second-order valence-electron chi connectivity index (χ2n) is 8.72. The van der Waals surface area contributed by atoms with Gasteiger partial charge in [-0.05, 0) is 42.0 Å². The van der Waals surface area contributed by atoms with Gasteiger partial charge in [-0.1, -0.05) is 26.0 Å². The van der Waals surface area contributed by atoms with Gasteiger partial charge in [-0.3, -0.25) is 10.4 Å². The van der Waals surface area contributed by atoms with Crippen molar-refractivity contribution in [2.75, 3.05) is 13.1 Å². The van der Waals surface area contributed by atoms with Crippen molar-refractivity contribution < 1.29 is 0 Å². The number of hydrogen-bond donors (Lipinski definition) is 2. The number of nitrogens with zero attached hydrogens (tertiary/aromatic N) is 3. The molecule has 0 spiro atoms. The Morgan fingerprint density at radius 2 is 2.19 bits per heavy atom. The minimum absolute atomic E-state index is 0.105. The number of thioether (sulfide) groups is 1. The van der Waals surface area contributed by atoms with E-state index in [1.807, 2.05) is 34.9 Å². The van der Waals surface area contributed by atoms with Crippen molar-refractivity contribution in [3.8, 4) is 6.07 Å². The van der Waals surface area contributed by atoms with Crippen LogP contribution in [0.1, 0.15) is 44.7 Å². The number of fused-ring (bicyclic) bond motifs is 1. The molecule has 27 heavy (non-hydrogen) atoms. The van der Waals surface area contributed by atoms with Gasteiger partial charge in [0.2, 0.25) is 0 Å². The normalized spacial score (nSPS) is 29.3. The third-order valence-corrected chi connectivity index (χ3v) is 7.08. The van der Waals surface area contributed by atoms with Crippen LogP contribution in [0.15, 0.2) is 34.7 Å². The molecule has 3 heterocycles. The molecular weight excluding hydrogens is 354 g/mol. The molecule has 4 rings (SSSR count). The Labute approximate surface area is 165 Å². The van der Waals surface area contributed by atoms with E-state index in [1.165, 1.54) is 5.57 Å². The number of amidine groups is 1. The van der Waals surface area contributed by atoms with Gasteiger partial charge in [0.05, 0.1) is 17.2 Å². The first-order valence-electron chi connectivity index (χ1n) is 9.32. The van der Waals surface area contributed by atoms with Gasteiger partial charge in [-0.2, -0.15) is 5.26 Å². The summed E-state index contributed by atoms with van der Waals surface area (Å²) in [5.41, 5.74) is 2.99. The zero-order valence-corrected chi connectivity index (χ0v) is 16.9. The van der Waals surface area contributed by atoms with Gasteiger partial charge in [0, 0.05) is 30.2 Å². The molecule has 6 heteroatoms. The van der Waals surface area contributed by atoms with Crippen molar-refractivity contribution in [3.63, 3.8) is 0 Å². The number of allylic oxidation sites excluding steroid dienone is 1. The van der Waals surface area contributed by atoms with E-state index in [0.29, 0.717) is 16.8 Å². The smallest absolute Gasteiger partial charge is 0.197 e. The maximum Gasteiger partial charge on any atom is 0.197 e. The largest absolute Gasteiger partial charge is 0.349 e. The minimum Gasteiger partial charge on any atom is -0.349 e. The average Bonchev–Trinajstić information content (AvgIpc) is 3.13. The molecule has 1 fully saturated rings. The van der Waals surface area contributed by atoms with E-state index in [1.54, 1.807) is 0 Å². The summed E-state index contributed by atoms with van der Waals surface area (Å²) < 4.78 is 0. The van der Waals surface area contributed by atoms with Gasteiger partial charge in [0.1, 0.15) is 5.84 Å². The molecule has 1 unspecified atom stereocenters. The van der Waals surface area contributed by atoms with E-state index in [4.69, 9.17) is 15.7 Å². The summed E-state index contributed by atoms with van der Waals surface area (Å²) in [6.07, 6.45) is 1.76. The molecule has 0 bridgehead atoms. The third-order valence-electron chi connectivity index (χ3n) is 5.64. The van der Waals surface area contributed by atoms with Crippen LogP contribution in [0.25, 0.3) is 5.57 Å². The molecule has 3 aliphatic rings. The minimum atomic E-state index is -0.205. The van der Waals surface area contributed by atoms with E-state index in [9.17, 15) is 0 Å². The van der Waals surface area contributed by atoms with Gasteiger partial charge in [0.25, 0.3) is 0 Å². The van der Waals surface area contributed by atoms with Crippen LogP contribution in [0.3, 0.4) is 0 Å². The van der Waals surface area contributed by atoms with Crippen molar-refractivity contribution in [1.29, 1.82) is 10.7 Å². The Morgan fingerprint density at radius 1 is 1.37 bits per heavy atom. The van der Waals surface area contributed by atoms with Crippen LogP contribution >= 0.6 is 11.8 Å². The lowest BCUT2D eigenvalue weighted by molar-refractivity contribution is 0.258. The summed E-state index contributed by atoms with van der Waals surface area (Å²) in [5.74, 6) is 1.51. The fraction of sp³-hybridized carbons (Fsp3) is 0.476. The fourth-order valence-electron chi connectivity index (χ4n) is 4.03. The second kappa shape index (κ2) is 6.42. The van der Waals surface area contributed by atoms with Crippen LogP contribution in [0.2, 0.25) is 0 Å². The molecule has 1 aromatic rings. The van der Waals surface area contributed by atoms with Crippen molar-refractivity contribution in [2.24, 2.45) is 10.4 Å². The summed E-state index contributed by atoms with van der Waals surface area (Å²) in [6.45, 7) is 8.28. The Balaban J connectivity index is 1.52. The summed E-state index contributed by atoms with van der Waals surface area (Å²) in [4.78, 5) is 6.86. The van der Waals surface area contributed by atoms with Gasteiger partial charge < -0.3 is 10.2 Å². The summed E-state index contributed by atoms with van der Waals surface area (Å²) in [5, 5.41) is 23.7. The SMILES string of the molecule is CC1(C)CN=C2C[C@@](C)(C3CC(c4cccc(C#N)c4)=CS3)NC(=N)N2C1. The molecular formula is C21H25N5S. The standard InChI is InChI=1S/C21H25N5S/c1-20(2)12-24-18-9-21(3,25-19(23)26(18)13-20)17-8-16(11-27-17)15-6-4-5-14(7-15)10-22/h4-7,11,17H,8-9,12-13H2,1-3H3,(H2,23,25)/t17?,21-/m0/s1. The predicted octanol–water partition coefficient (Wildman–Crippen LogP) is 3.83. The highest BCUT2D eigenvalue weighted by Crippen LogP contribution is 2.44. The maximum absolute atomic E-state index is 9.15. The van der Waals surface area contributed by atoms with E-state index >= 15 is 0 Å². The van der Waals surface area contributed by atoms with Gasteiger partial charge in [-0.25, -0.2) is 0 Å². The van der Waals surface area contributed by atoms with Crippen molar-refractivity contribution in [1.82, 2.24) is 10.2 Å². The molecule has 0 aromatic heterocycles. The molecule has 0 aliphatic carbocycles. The summed E-state index contributed by atoms with van der Waals surface area (Å²) >= 11 is 1.83. The van der Waals surface area contributed by atoms with E-state index in [-0.39, 0.29) is 11.0 Å². The number of nitriles is 1. The van der Waals surface area contributed by atoms with E-state index in [2.05, 4.69) is 43.6 Å². The van der Waals surface area contributed by atoms with Crippen molar-refractivity contribution in [2.45, 2.75) is 44.4 Å². The van der Waals surface area contributed by atoms with Crippen LogP contribution in [0, 0.1) is 22.2 Å². The molecule has 3 aliphatic heterocycles. The number of hydrogen-bond acceptors (Lipinski definition) is 4. The zero-order valence-electron chi connectivity index (χ0n) is 16.0. The molecule has 140 valence electrons. The van der Waals surface area contributed by atoms with E-state index in [0.717, 1.165) is 37.3 Å². The first kappa shape index (κ1) is 18.1.